The molecule has 1 aromatic heterocycles. The van der Waals surface area contributed by atoms with E-state index in [9.17, 15) is 9.18 Å². The van der Waals surface area contributed by atoms with Crippen molar-refractivity contribution in [1.29, 1.82) is 0 Å². The second-order valence-corrected chi connectivity index (χ2v) is 6.82. The van der Waals surface area contributed by atoms with Crippen molar-refractivity contribution in [2.75, 3.05) is 0 Å². The zero-order valence-electron chi connectivity index (χ0n) is 14.0. The Morgan fingerprint density at radius 1 is 1.31 bits per heavy atom. The highest BCUT2D eigenvalue weighted by molar-refractivity contribution is 7.71. The molecule has 2 aromatic carbocycles. The van der Waals surface area contributed by atoms with E-state index in [1.807, 2.05) is 31.2 Å². The van der Waals surface area contributed by atoms with E-state index < -0.39 is 0 Å². The molecule has 0 aliphatic carbocycles. The number of amides is 1. The number of H-pyrrole nitrogens is 1. The third-order valence-electron chi connectivity index (χ3n) is 3.90. The van der Waals surface area contributed by atoms with Crippen LogP contribution in [0.5, 0.6) is 0 Å². The Hall–Kier alpha value is -2.44. The summed E-state index contributed by atoms with van der Waals surface area (Å²) in [4.78, 5) is 15.6. The molecule has 3 aromatic rings. The first-order valence-corrected chi connectivity index (χ1v) is 8.84. The number of imidazole rings is 1. The lowest BCUT2D eigenvalue weighted by molar-refractivity contribution is 0.0933. The Morgan fingerprint density at radius 3 is 2.73 bits per heavy atom. The van der Waals surface area contributed by atoms with Crippen LogP contribution in [0.1, 0.15) is 23.0 Å². The molecule has 0 aliphatic heterocycles. The van der Waals surface area contributed by atoms with Crippen LogP contribution in [0.15, 0.2) is 54.7 Å². The number of carbonyl (C=O) groups excluding carboxylic acids is 1. The van der Waals surface area contributed by atoms with Crippen LogP contribution in [0.2, 0.25) is 5.02 Å². The van der Waals surface area contributed by atoms with Crippen molar-refractivity contribution in [1.82, 2.24) is 14.9 Å². The van der Waals surface area contributed by atoms with Crippen molar-refractivity contribution < 1.29 is 9.18 Å². The summed E-state index contributed by atoms with van der Waals surface area (Å²) in [5, 5.41) is 3.62. The van der Waals surface area contributed by atoms with Crippen molar-refractivity contribution >= 4 is 29.7 Å². The molecule has 4 nitrogen and oxygen atoms in total. The van der Waals surface area contributed by atoms with Gasteiger partial charge in [0.05, 0.1) is 0 Å². The Morgan fingerprint density at radius 2 is 2.04 bits per heavy atom. The molecule has 0 spiro atoms. The van der Waals surface area contributed by atoms with Gasteiger partial charge in [0.1, 0.15) is 11.5 Å². The van der Waals surface area contributed by atoms with Gasteiger partial charge in [-0.3, -0.25) is 9.36 Å². The van der Waals surface area contributed by atoms with Gasteiger partial charge in [-0.2, -0.15) is 0 Å². The van der Waals surface area contributed by atoms with Crippen LogP contribution in [-0.2, 0) is 6.42 Å². The van der Waals surface area contributed by atoms with E-state index in [4.69, 9.17) is 23.8 Å². The first-order valence-electron chi connectivity index (χ1n) is 8.05. The molecular formula is C19H17ClFN3OS. The maximum atomic E-state index is 13.2. The van der Waals surface area contributed by atoms with Crippen LogP contribution in [0, 0.1) is 10.6 Å². The van der Waals surface area contributed by atoms with Crippen molar-refractivity contribution in [3.63, 3.8) is 0 Å². The molecule has 0 saturated heterocycles. The third-order valence-corrected chi connectivity index (χ3v) is 4.44. The number of nitrogens with one attached hydrogen (secondary N) is 2. The summed E-state index contributed by atoms with van der Waals surface area (Å²) in [6, 6.07) is 13.2. The molecule has 1 amide bonds. The minimum atomic E-state index is -0.350. The molecule has 134 valence electrons. The highest BCUT2D eigenvalue weighted by Crippen LogP contribution is 2.15. The molecule has 2 N–H and O–H groups in total. The van der Waals surface area contributed by atoms with Crippen molar-refractivity contribution in [2.45, 2.75) is 19.4 Å². The molecule has 26 heavy (non-hydrogen) atoms. The SMILES string of the molecule is C[C@@H](Cc1cccc(Cl)c1)NC(=O)c1c[nH]c(=S)n1-c1ccc(F)cc1. The number of aromatic amines is 1. The van der Waals surface area contributed by atoms with Crippen LogP contribution in [-0.4, -0.2) is 21.5 Å². The number of rotatable bonds is 5. The smallest absolute Gasteiger partial charge is 0.270 e. The summed E-state index contributed by atoms with van der Waals surface area (Å²) < 4.78 is 15.1. The molecule has 1 atom stereocenters. The molecule has 0 bridgehead atoms. The second kappa shape index (κ2) is 7.85. The summed E-state index contributed by atoms with van der Waals surface area (Å²) in [5.74, 6) is -0.617. The highest BCUT2D eigenvalue weighted by Gasteiger charge is 2.16. The molecule has 3 rings (SSSR count). The molecule has 0 unspecified atom stereocenters. The third kappa shape index (κ3) is 4.20. The quantitative estimate of drug-likeness (QED) is 0.622. The van der Waals surface area contributed by atoms with Gasteiger partial charge in [-0.15, -0.1) is 0 Å². The minimum Gasteiger partial charge on any atom is -0.348 e. The number of halogens is 2. The topological polar surface area (TPSA) is 49.8 Å². The predicted octanol–water partition coefficient (Wildman–Crippen LogP) is 4.69. The second-order valence-electron chi connectivity index (χ2n) is 6.00. The first kappa shape index (κ1) is 18.4. The van der Waals surface area contributed by atoms with Crippen molar-refractivity contribution in [2.24, 2.45) is 0 Å². The van der Waals surface area contributed by atoms with E-state index in [-0.39, 0.29) is 17.8 Å². The van der Waals surface area contributed by atoms with Gasteiger partial charge in [-0.25, -0.2) is 4.39 Å². The maximum absolute atomic E-state index is 13.2. The number of carbonyl (C=O) groups is 1. The maximum Gasteiger partial charge on any atom is 0.270 e. The minimum absolute atomic E-state index is 0.105. The van der Waals surface area contributed by atoms with E-state index in [1.54, 1.807) is 22.9 Å². The van der Waals surface area contributed by atoms with Gasteiger partial charge in [0.15, 0.2) is 4.77 Å². The standard InChI is InChI=1S/C19H17ClFN3OS/c1-12(9-13-3-2-4-14(20)10-13)23-18(25)17-11-22-19(26)24(17)16-7-5-15(21)6-8-16/h2-8,10-12H,9H2,1H3,(H,22,26)(H,23,25)/t12-/m0/s1. The van der Waals surface area contributed by atoms with E-state index in [2.05, 4.69) is 10.3 Å². The van der Waals surface area contributed by atoms with E-state index >= 15 is 0 Å². The monoisotopic (exact) mass is 389 g/mol. The normalized spacial score (nSPS) is 12.0. The molecular weight excluding hydrogens is 373 g/mol. The highest BCUT2D eigenvalue weighted by atomic mass is 35.5. The molecule has 0 saturated carbocycles. The number of hydrogen-bond acceptors (Lipinski definition) is 2. The summed E-state index contributed by atoms with van der Waals surface area (Å²) >= 11 is 11.3. The largest absolute Gasteiger partial charge is 0.348 e. The van der Waals surface area contributed by atoms with Gasteiger partial charge in [-0.1, -0.05) is 23.7 Å². The van der Waals surface area contributed by atoms with Crippen molar-refractivity contribution in [3.8, 4) is 5.69 Å². The van der Waals surface area contributed by atoms with Gasteiger partial charge in [-0.05, 0) is 67.5 Å². The summed E-state index contributed by atoms with van der Waals surface area (Å²) in [5.41, 5.74) is 2.01. The lowest BCUT2D eigenvalue weighted by Gasteiger charge is -2.15. The summed E-state index contributed by atoms with van der Waals surface area (Å²) in [6.45, 7) is 1.92. The first-order chi connectivity index (χ1) is 12.4. The Bertz CT molecular complexity index is 981. The van der Waals surface area contributed by atoms with E-state index in [1.165, 1.54) is 12.1 Å². The Balaban J connectivity index is 1.78. The number of aromatic nitrogens is 2. The van der Waals surface area contributed by atoms with E-state index in [0.29, 0.717) is 27.6 Å². The lowest BCUT2D eigenvalue weighted by atomic mass is 10.1. The molecule has 0 aliphatic rings. The summed E-state index contributed by atoms with van der Waals surface area (Å²) in [6.07, 6.45) is 2.20. The fourth-order valence-corrected chi connectivity index (χ4v) is 3.22. The van der Waals surface area contributed by atoms with Gasteiger partial charge in [0.2, 0.25) is 0 Å². The average molecular weight is 390 g/mol. The molecule has 0 radical (unpaired) electrons. The van der Waals surface area contributed by atoms with Crippen LogP contribution in [0.4, 0.5) is 4.39 Å². The summed E-state index contributed by atoms with van der Waals surface area (Å²) in [7, 11) is 0. The van der Waals surface area contributed by atoms with E-state index in [0.717, 1.165) is 5.56 Å². The zero-order chi connectivity index (χ0) is 18.7. The van der Waals surface area contributed by atoms with Crippen molar-refractivity contribution in [3.05, 3.63) is 81.6 Å². The molecule has 0 fully saturated rings. The lowest BCUT2D eigenvalue weighted by Crippen LogP contribution is -2.35. The predicted molar refractivity (Wildman–Crippen MR) is 103 cm³/mol. The Labute approximate surface area is 160 Å². The van der Waals surface area contributed by atoms with Gasteiger partial charge < -0.3 is 10.3 Å². The van der Waals surface area contributed by atoms with Crippen LogP contribution in [0.3, 0.4) is 0 Å². The van der Waals surface area contributed by atoms with Crippen LogP contribution < -0.4 is 5.32 Å². The van der Waals surface area contributed by atoms with Gasteiger partial charge in [0, 0.05) is 22.9 Å². The average Bonchev–Trinajstić information content (AvgIpc) is 2.97. The van der Waals surface area contributed by atoms with Crippen LogP contribution in [0.25, 0.3) is 5.69 Å². The fraction of sp³-hybridized carbons (Fsp3) is 0.158. The number of nitrogens with zero attached hydrogens (tertiary/aromatic N) is 1. The Kier molecular flexibility index (Phi) is 5.54. The molecule has 1 heterocycles. The zero-order valence-corrected chi connectivity index (χ0v) is 15.6. The fourth-order valence-electron chi connectivity index (χ4n) is 2.75. The van der Waals surface area contributed by atoms with Crippen LogP contribution >= 0.6 is 23.8 Å². The number of hydrogen-bond donors (Lipinski definition) is 2. The molecule has 7 heteroatoms. The number of benzene rings is 2. The van der Waals surface area contributed by atoms with Gasteiger partial charge in [0.25, 0.3) is 5.91 Å². The van der Waals surface area contributed by atoms with Gasteiger partial charge >= 0.3 is 0 Å².